The fraction of sp³-hybridized carbons (Fsp3) is 0.250. The SMILES string of the molecule is CNc1nc(OC)nc(Oc2ccc(C)cc2Cl)n1. The third-order valence-corrected chi connectivity index (χ3v) is 2.58. The first-order chi connectivity index (χ1) is 9.12. The molecule has 0 atom stereocenters. The number of nitrogens with one attached hydrogen (secondary N) is 1. The monoisotopic (exact) mass is 280 g/mol. The van der Waals surface area contributed by atoms with E-state index in [1.165, 1.54) is 7.11 Å². The fourth-order valence-corrected chi connectivity index (χ4v) is 1.65. The Bertz CT molecular complexity index is 570. The van der Waals surface area contributed by atoms with Gasteiger partial charge >= 0.3 is 12.0 Å². The summed E-state index contributed by atoms with van der Waals surface area (Å²) in [4.78, 5) is 12.0. The molecule has 0 amide bonds. The minimum absolute atomic E-state index is 0.113. The second-order valence-corrected chi connectivity index (χ2v) is 4.12. The van der Waals surface area contributed by atoms with Crippen molar-refractivity contribution in [2.24, 2.45) is 0 Å². The zero-order valence-electron chi connectivity index (χ0n) is 10.8. The molecule has 19 heavy (non-hydrogen) atoms. The van der Waals surface area contributed by atoms with Crippen molar-refractivity contribution in [3.05, 3.63) is 28.8 Å². The molecule has 1 aromatic carbocycles. The van der Waals surface area contributed by atoms with Crippen molar-refractivity contribution in [3.8, 4) is 17.8 Å². The molecule has 6 nitrogen and oxygen atoms in total. The Morgan fingerprint density at radius 3 is 2.53 bits per heavy atom. The number of rotatable bonds is 4. The number of anilines is 1. The molecule has 100 valence electrons. The summed E-state index contributed by atoms with van der Waals surface area (Å²) < 4.78 is 10.5. The third kappa shape index (κ3) is 3.23. The van der Waals surface area contributed by atoms with E-state index in [4.69, 9.17) is 21.1 Å². The lowest BCUT2D eigenvalue weighted by molar-refractivity contribution is 0.360. The van der Waals surface area contributed by atoms with E-state index in [0.29, 0.717) is 16.7 Å². The van der Waals surface area contributed by atoms with E-state index >= 15 is 0 Å². The summed E-state index contributed by atoms with van der Waals surface area (Å²) in [6.07, 6.45) is 0. The Kier molecular flexibility index (Phi) is 4.01. The van der Waals surface area contributed by atoms with Gasteiger partial charge in [0.05, 0.1) is 12.1 Å². The first kappa shape index (κ1) is 13.4. The van der Waals surface area contributed by atoms with Gasteiger partial charge in [-0.05, 0) is 24.6 Å². The van der Waals surface area contributed by atoms with Crippen LogP contribution in [0.15, 0.2) is 18.2 Å². The molecule has 1 heterocycles. The summed E-state index contributed by atoms with van der Waals surface area (Å²) in [5.74, 6) is 0.827. The van der Waals surface area contributed by atoms with Crippen LogP contribution in [0.5, 0.6) is 17.8 Å². The van der Waals surface area contributed by atoms with Gasteiger partial charge in [0, 0.05) is 7.05 Å². The van der Waals surface area contributed by atoms with Gasteiger partial charge in [-0.1, -0.05) is 17.7 Å². The van der Waals surface area contributed by atoms with Gasteiger partial charge in [-0.25, -0.2) is 0 Å². The number of hydrogen-bond donors (Lipinski definition) is 1. The molecule has 0 fully saturated rings. The first-order valence-corrected chi connectivity index (χ1v) is 5.92. The molecule has 0 saturated heterocycles. The van der Waals surface area contributed by atoms with Crippen molar-refractivity contribution in [1.82, 2.24) is 15.0 Å². The van der Waals surface area contributed by atoms with Crippen LogP contribution >= 0.6 is 11.6 Å². The summed E-state index contributed by atoms with van der Waals surface area (Å²) in [7, 11) is 3.16. The molecule has 2 rings (SSSR count). The topological polar surface area (TPSA) is 69.2 Å². The summed E-state index contributed by atoms with van der Waals surface area (Å²) >= 11 is 6.08. The quantitative estimate of drug-likeness (QED) is 0.928. The van der Waals surface area contributed by atoms with Crippen LogP contribution < -0.4 is 14.8 Å². The van der Waals surface area contributed by atoms with Gasteiger partial charge < -0.3 is 14.8 Å². The lowest BCUT2D eigenvalue weighted by Crippen LogP contribution is -2.03. The summed E-state index contributed by atoms with van der Waals surface area (Å²) in [6.45, 7) is 1.95. The molecule has 0 aliphatic rings. The molecule has 2 aromatic rings. The normalized spacial score (nSPS) is 10.1. The summed E-state index contributed by atoms with van der Waals surface area (Å²) in [5.41, 5.74) is 1.04. The van der Waals surface area contributed by atoms with Crippen molar-refractivity contribution < 1.29 is 9.47 Å². The Labute approximate surface area is 115 Å². The van der Waals surface area contributed by atoms with Crippen LogP contribution in [-0.4, -0.2) is 29.1 Å². The molecule has 0 aliphatic carbocycles. The van der Waals surface area contributed by atoms with Crippen molar-refractivity contribution >= 4 is 17.5 Å². The van der Waals surface area contributed by atoms with Gasteiger partial charge in [0.25, 0.3) is 0 Å². The fourth-order valence-electron chi connectivity index (χ4n) is 1.37. The van der Waals surface area contributed by atoms with E-state index in [2.05, 4.69) is 20.3 Å². The zero-order valence-corrected chi connectivity index (χ0v) is 11.5. The van der Waals surface area contributed by atoms with E-state index in [-0.39, 0.29) is 12.0 Å². The van der Waals surface area contributed by atoms with Crippen molar-refractivity contribution in [3.63, 3.8) is 0 Å². The lowest BCUT2D eigenvalue weighted by atomic mass is 10.2. The highest BCUT2D eigenvalue weighted by Crippen LogP contribution is 2.29. The average molecular weight is 281 g/mol. The van der Waals surface area contributed by atoms with Crippen LogP contribution in [0, 0.1) is 6.92 Å². The number of halogens is 1. The lowest BCUT2D eigenvalue weighted by Gasteiger charge is -2.08. The first-order valence-electron chi connectivity index (χ1n) is 5.54. The minimum atomic E-state index is 0.113. The Balaban J connectivity index is 2.31. The molecule has 0 saturated carbocycles. The highest BCUT2D eigenvalue weighted by molar-refractivity contribution is 6.32. The van der Waals surface area contributed by atoms with Crippen LogP contribution in [0.2, 0.25) is 5.02 Å². The Morgan fingerprint density at radius 2 is 1.89 bits per heavy atom. The molecule has 7 heteroatoms. The van der Waals surface area contributed by atoms with E-state index in [1.807, 2.05) is 13.0 Å². The molecule has 0 unspecified atom stereocenters. The van der Waals surface area contributed by atoms with Crippen LogP contribution in [-0.2, 0) is 0 Å². The molecule has 0 bridgehead atoms. The number of benzene rings is 1. The number of aryl methyl sites for hydroxylation is 1. The van der Waals surface area contributed by atoms with Gasteiger partial charge in [0.1, 0.15) is 5.75 Å². The predicted octanol–water partition coefficient (Wildman–Crippen LogP) is 2.68. The van der Waals surface area contributed by atoms with E-state index < -0.39 is 0 Å². The smallest absolute Gasteiger partial charge is 0.330 e. The Hall–Kier alpha value is -2.08. The predicted molar refractivity (Wildman–Crippen MR) is 72.2 cm³/mol. The van der Waals surface area contributed by atoms with Crippen molar-refractivity contribution in [1.29, 1.82) is 0 Å². The third-order valence-electron chi connectivity index (χ3n) is 2.29. The number of methoxy groups -OCH3 is 1. The maximum atomic E-state index is 6.08. The number of nitrogens with zero attached hydrogens (tertiary/aromatic N) is 3. The van der Waals surface area contributed by atoms with Crippen LogP contribution in [0.4, 0.5) is 5.95 Å². The van der Waals surface area contributed by atoms with Gasteiger partial charge in [-0.3, -0.25) is 0 Å². The standard InChI is InChI=1S/C12H13ClN4O2/c1-7-4-5-9(8(13)6-7)19-12-16-10(14-2)15-11(17-12)18-3/h4-6H,1-3H3,(H,14,15,16,17). The maximum absolute atomic E-state index is 6.08. The molecule has 1 N–H and O–H groups in total. The van der Waals surface area contributed by atoms with Gasteiger partial charge in [-0.2, -0.15) is 9.97 Å². The molecular weight excluding hydrogens is 268 g/mol. The second kappa shape index (κ2) is 5.71. The highest BCUT2D eigenvalue weighted by atomic mass is 35.5. The van der Waals surface area contributed by atoms with Crippen molar-refractivity contribution in [2.75, 3.05) is 19.5 Å². The van der Waals surface area contributed by atoms with Crippen LogP contribution in [0.3, 0.4) is 0 Å². The van der Waals surface area contributed by atoms with Gasteiger partial charge in [0.2, 0.25) is 5.95 Å². The molecule has 0 spiro atoms. The highest BCUT2D eigenvalue weighted by Gasteiger charge is 2.10. The van der Waals surface area contributed by atoms with E-state index in [9.17, 15) is 0 Å². The van der Waals surface area contributed by atoms with Crippen LogP contribution in [0.1, 0.15) is 5.56 Å². The average Bonchev–Trinajstić information content (AvgIpc) is 2.41. The molecule has 0 aliphatic heterocycles. The van der Waals surface area contributed by atoms with Gasteiger partial charge in [0.15, 0.2) is 0 Å². The maximum Gasteiger partial charge on any atom is 0.330 e. The zero-order chi connectivity index (χ0) is 13.8. The number of hydrogen-bond acceptors (Lipinski definition) is 6. The summed E-state index contributed by atoms with van der Waals surface area (Å²) in [5, 5.41) is 3.29. The van der Waals surface area contributed by atoms with Crippen LogP contribution in [0.25, 0.3) is 0 Å². The Morgan fingerprint density at radius 1 is 1.16 bits per heavy atom. The number of ether oxygens (including phenoxy) is 2. The molecular formula is C12H13ClN4O2. The van der Waals surface area contributed by atoms with Crippen molar-refractivity contribution in [2.45, 2.75) is 6.92 Å². The second-order valence-electron chi connectivity index (χ2n) is 3.71. The molecule has 0 radical (unpaired) electrons. The minimum Gasteiger partial charge on any atom is -0.467 e. The van der Waals surface area contributed by atoms with E-state index in [0.717, 1.165) is 5.56 Å². The van der Waals surface area contributed by atoms with Gasteiger partial charge in [-0.15, -0.1) is 4.98 Å². The number of aromatic nitrogens is 3. The molecule has 1 aromatic heterocycles. The summed E-state index contributed by atoms with van der Waals surface area (Å²) in [6, 6.07) is 5.72. The largest absolute Gasteiger partial charge is 0.467 e. The van der Waals surface area contributed by atoms with E-state index in [1.54, 1.807) is 19.2 Å².